The Morgan fingerprint density at radius 1 is 1.57 bits per heavy atom. The van der Waals surface area contributed by atoms with Crippen molar-refractivity contribution in [3.8, 4) is 5.75 Å². The Balaban J connectivity index is 2.57. The predicted octanol–water partition coefficient (Wildman–Crippen LogP) is 2.02. The molecule has 2 rings (SSSR count). The molecule has 0 aromatic heterocycles. The van der Waals surface area contributed by atoms with Crippen molar-refractivity contribution in [3.05, 3.63) is 28.8 Å². The van der Waals surface area contributed by atoms with Crippen molar-refractivity contribution < 1.29 is 14.6 Å². The van der Waals surface area contributed by atoms with Crippen LogP contribution in [0.25, 0.3) is 0 Å². The van der Waals surface area contributed by atoms with Gasteiger partial charge in [0.1, 0.15) is 17.4 Å². The summed E-state index contributed by atoms with van der Waals surface area (Å²) in [6, 6.07) is 3.64. The molecule has 1 aromatic carbocycles. The van der Waals surface area contributed by atoms with E-state index in [1.165, 1.54) is 0 Å². The highest BCUT2D eigenvalue weighted by atomic mass is 16.5. The van der Waals surface area contributed by atoms with Crippen LogP contribution in [0.4, 0.5) is 0 Å². The number of hydrogen-bond acceptors (Lipinski definition) is 2. The number of carbonyl (C=O) groups is 1. The standard InChI is InChI=1S/C11H12O3/c1-6-3-8-5-7(2)14-10(8)9(4-6)11(12)13/h3-4,7H,5H2,1-2H3,(H,12,13). The highest BCUT2D eigenvalue weighted by Crippen LogP contribution is 2.33. The van der Waals surface area contributed by atoms with Crippen LogP contribution in [-0.2, 0) is 6.42 Å². The molecule has 0 saturated carbocycles. The van der Waals surface area contributed by atoms with Crippen LogP contribution in [0.5, 0.6) is 5.75 Å². The van der Waals surface area contributed by atoms with Gasteiger partial charge < -0.3 is 9.84 Å². The molecule has 0 radical (unpaired) electrons. The number of hydrogen-bond donors (Lipinski definition) is 1. The number of aryl methyl sites for hydroxylation is 1. The molecule has 1 N–H and O–H groups in total. The summed E-state index contributed by atoms with van der Waals surface area (Å²) < 4.78 is 5.47. The Kier molecular flexibility index (Phi) is 1.95. The second kappa shape index (κ2) is 3.01. The van der Waals surface area contributed by atoms with Crippen LogP contribution in [-0.4, -0.2) is 17.2 Å². The molecule has 0 bridgehead atoms. The molecule has 0 amide bonds. The van der Waals surface area contributed by atoms with Gasteiger partial charge in [-0.2, -0.15) is 0 Å². The Labute approximate surface area is 82.3 Å². The van der Waals surface area contributed by atoms with Crippen molar-refractivity contribution in [1.82, 2.24) is 0 Å². The number of benzene rings is 1. The Morgan fingerprint density at radius 3 is 2.93 bits per heavy atom. The largest absolute Gasteiger partial charge is 0.489 e. The lowest BCUT2D eigenvalue weighted by atomic mass is 10.0. The third-order valence-corrected chi connectivity index (χ3v) is 2.37. The number of fused-ring (bicyclic) bond motifs is 1. The van der Waals surface area contributed by atoms with E-state index in [2.05, 4.69) is 0 Å². The van der Waals surface area contributed by atoms with Gasteiger partial charge in [-0.3, -0.25) is 0 Å². The van der Waals surface area contributed by atoms with Crippen LogP contribution < -0.4 is 4.74 Å². The molecule has 1 heterocycles. The van der Waals surface area contributed by atoms with E-state index >= 15 is 0 Å². The first kappa shape index (κ1) is 9.06. The van der Waals surface area contributed by atoms with Gasteiger partial charge in [-0.25, -0.2) is 4.79 Å². The van der Waals surface area contributed by atoms with E-state index in [9.17, 15) is 4.79 Å². The van der Waals surface area contributed by atoms with Crippen LogP contribution in [0.1, 0.15) is 28.4 Å². The molecule has 0 saturated heterocycles. The minimum Gasteiger partial charge on any atom is -0.489 e. The Morgan fingerprint density at radius 2 is 2.29 bits per heavy atom. The lowest BCUT2D eigenvalue weighted by molar-refractivity contribution is 0.0691. The van der Waals surface area contributed by atoms with E-state index in [0.717, 1.165) is 17.5 Å². The lowest BCUT2D eigenvalue weighted by Gasteiger charge is -2.06. The molecular formula is C11H12O3. The second-order valence-corrected chi connectivity index (χ2v) is 3.74. The van der Waals surface area contributed by atoms with Gasteiger partial charge in [-0.15, -0.1) is 0 Å². The van der Waals surface area contributed by atoms with Crippen molar-refractivity contribution in [1.29, 1.82) is 0 Å². The van der Waals surface area contributed by atoms with Crippen molar-refractivity contribution in [2.75, 3.05) is 0 Å². The predicted molar refractivity (Wildman–Crippen MR) is 51.9 cm³/mol. The van der Waals surface area contributed by atoms with Gasteiger partial charge in [0.15, 0.2) is 0 Å². The first-order chi connectivity index (χ1) is 6.58. The van der Waals surface area contributed by atoms with E-state index in [1.807, 2.05) is 19.9 Å². The number of rotatable bonds is 1. The van der Waals surface area contributed by atoms with Gasteiger partial charge in [-0.05, 0) is 31.0 Å². The van der Waals surface area contributed by atoms with Crippen molar-refractivity contribution >= 4 is 5.97 Å². The van der Waals surface area contributed by atoms with Crippen LogP contribution >= 0.6 is 0 Å². The third-order valence-electron chi connectivity index (χ3n) is 2.37. The van der Waals surface area contributed by atoms with Gasteiger partial charge in [-0.1, -0.05) is 6.07 Å². The average molecular weight is 192 g/mol. The minimum absolute atomic E-state index is 0.0879. The summed E-state index contributed by atoms with van der Waals surface area (Å²) in [5.74, 6) is -0.366. The SMILES string of the molecule is Cc1cc2c(c(C(=O)O)c1)OC(C)C2. The van der Waals surface area contributed by atoms with E-state index in [1.54, 1.807) is 6.07 Å². The fourth-order valence-corrected chi connectivity index (χ4v) is 1.85. The van der Waals surface area contributed by atoms with E-state index in [0.29, 0.717) is 5.75 Å². The number of aromatic carboxylic acids is 1. The van der Waals surface area contributed by atoms with Crippen molar-refractivity contribution in [3.63, 3.8) is 0 Å². The van der Waals surface area contributed by atoms with Crippen LogP contribution in [0.2, 0.25) is 0 Å². The molecule has 14 heavy (non-hydrogen) atoms. The monoisotopic (exact) mass is 192 g/mol. The van der Waals surface area contributed by atoms with Gasteiger partial charge in [0.2, 0.25) is 0 Å². The zero-order valence-electron chi connectivity index (χ0n) is 8.20. The average Bonchev–Trinajstić information content (AvgIpc) is 2.42. The fraction of sp³-hybridized carbons (Fsp3) is 0.364. The molecule has 1 aliphatic rings. The van der Waals surface area contributed by atoms with Crippen LogP contribution in [0.3, 0.4) is 0 Å². The molecule has 3 nitrogen and oxygen atoms in total. The quantitative estimate of drug-likeness (QED) is 0.740. The normalized spacial score (nSPS) is 18.9. The molecule has 1 atom stereocenters. The van der Waals surface area contributed by atoms with E-state index in [4.69, 9.17) is 9.84 Å². The van der Waals surface area contributed by atoms with E-state index < -0.39 is 5.97 Å². The fourth-order valence-electron chi connectivity index (χ4n) is 1.85. The number of carboxylic acids is 1. The van der Waals surface area contributed by atoms with Gasteiger partial charge in [0.25, 0.3) is 0 Å². The molecule has 0 fully saturated rings. The summed E-state index contributed by atoms with van der Waals surface area (Å²) in [7, 11) is 0. The van der Waals surface area contributed by atoms with Crippen LogP contribution in [0.15, 0.2) is 12.1 Å². The maximum atomic E-state index is 10.9. The van der Waals surface area contributed by atoms with E-state index in [-0.39, 0.29) is 11.7 Å². The number of ether oxygens (including phenoxy) is 1. The summed E-state index contributed by atoms with van der Waals surface area (Å²) >= 11 is 0. The summed E-state index contributed by atoms with van der Waals surface area (Å²) in [5, 5.41) is 8.98. The van der Waals surface area contributed by atoms with Crippen LogP contribution in [0, 0.1) is 6.92 Å². The smallest absolute Gasteiger partial charge is 0.339 e. The zero-order chi connectivity index (χ0) is 10.3. The highest BCUT2D eigenvalue weighted by molar-refractivity contribution is 5.92. The topological polar surface area (TPSA) is 46.5 Å². The maximum Gasteiger partial charge on any atom is 0.339 e. The van der Waals surface area contributed by atoms with Gasteiger partial charge in [0.05, 0.1) is 0 Å². The first-order valence-corrected chi connectivity index (χ1v) is 4.61. The number of carboxylic acid groups (broad SMARTS) is 1. The molecule has 0 spiro atoms. The highest BCUT2D eigenvalue weighted by Gasteiger charge is 2.25. The lowest BCUT2D eigenvalue weighted by Crippen LogP contribution is -2.07. The Hall–Kier alpha value is -1.51. The molecule has 74 valence electrons. The van der Waals surface area contributed by atoms with Gasteiger partial charge >= 0.3 is 5.97 Å². The van der Waals surface area contributed by atoms with Crippen molar-refractivity contribution in [2.45, 2.75) is 26.4 Å². The Bertz CT molecular complexity index is 396. The maximum absolute atomic E-state index is 10.9. The summed E-state index contributed by atoms with van der Waals surface area (Å²) in [6.07, 6.45) is 0.891. The zero-order valence-corrected chi connectivity index (χ0v) is 8.20. The summed E-state index contributed by atoms with van der Waals surface area (Å²) in [5.41, 5.74) is 2.26. The molecule has 1 aliphatic heterocycles. The molecule has 3 heteroatoms. The molecular weight excluding hydrogens is 180 g/mol. The van der Waals surface area contributed by atoms with Crippen molar-refractivity contribution in [2.24, 2.45) is 0 Å². The molecule has 1 unspecified atom stereocenters. The summed E-state index contributed by atoms with van der Waals surface area (Å²) in [4.78, 5) is 10.9. The second-order valence-electron chi connectivity index (χ2n) is 3.74. The summed E-state index contributed by atoms with van der Waals surface area (Å²) in [6.45, 7) is 3.84. The third kappa shape index (κ3) is 1.35. The molecule has 0 aliphatic carbocycles. The van der Waals surface area contributed by atoms with Gasteiger partial charge in [0, 0.05) is 6.42 Å². The minimum atomic E-state index is -0.918. The first-order valence-electron chi connectivity index (χ1n) is 4.61. The molecule has 1 aromatic rings.